The van der Waals surface area contributed by atoms with Gasteiger partial charge in [-0.15, -0.1) is 0 Å². The van der Waals surface area contributed by atoms with E-state index >= 15 is 0 Å². The number of nitrogens with zero attached hydrogens (tertiary/aromatic N) is 1. The van der Waals surface area contributed by atoms with Crippen LogP contribution in [-0.2, 0) is 9.53 Å². The van der Waals surface area contributed by atoms with Crippen molar-refractivity contribution in [2.45, 2.75) is 0 Å². The highest BCUT2D eigenvalue weighted by Crippen LogP contribution is 2.22. The fraction of sp³-hybridized carbons (Fsp3) is 0. The van der Waals surface area contributed by atoms with E-state index in [0.29, 0.717) is 22.4 Å². The first kappa shape index (κ1) is 18.3. The molecule has 0 radical (unpaired) electrons. The fourth-order valence-corrected chi connectivity index (χ4v) is 2.69. The highest BCUT2D eigenvalue weighted by atomic mass is 19.1. The Hall–Kier alpha value is -4.06. The van der Waals surface area contributed by atoms with Crippen molar-refractivity contribution in [3.63, 3.8) is 0 Å². The molecular weight excluding hydrogens is 373 g/mol. The number of carbonyl (C=O) groups excluding carboxylic acids is 2. The third kappa shape index (κ3) is 4.27. The maximum Gasteiger partial charge on any atom is 0.363 e. The summed E-state index contributed by atoms with van der Waals surface area (Å²) < 4.78 is 23.6. The van der Waals surface area contributed by atoms with Gasteiger partial charge in [-0.3, -0.25) is 0 Å². The second-order valence-corrected chi connectivity index (χ2v) is 6.17. The van der Waals surface area contributed by atoms with Crippen LogP contribution in [0.1, 0.15) is 21.5 Å². The third-order valence-electron chi connectivity index (χ3n) is 4.09. The summed E-state index contributed by atoms with van der Waals surface area (Å²) >= 11 is 0. The number of cyclic esters (lactones) is 1. The molecule has 0 spiro atoms. The average molecular weight is 387 g/mol. The number of halogens is 1. The van der Waals surface area contributed by atoms with E-state index in [1.165, 1.54) is 30.3 Å². The van der Waals surface area contributed by atoms with Gasteiger partial charge >= 0.3 is 11.9 Å². The molecule has 0 N–H and O–H groups in total. The van der Waals surface area contributed by atoms with E-state index in [-0.39, 0.29) is 11.6 Å². The van der Waals surface area contributed by atoms with Crippen LogP contribution in [-0.4, -0.2) is 17.8 Å². The summed E-state index contributed by atoms with van der Waals surface area (Å²) in [5.74, 6) is -1.05. The van der Waals surface area contributed by atoms with E-state index in [9.17, 15) is 14.0 Å². The number of hydrogen-bond donors (Lipinski definition) is 0. The highest BCUT2D eigenvalue weighted by Gasteiger charge is 2.24. The van der Waals surface area contributed by atoms with Crippen molar-refractivity contribution in [2.75, 3.05) is 0 Å². The molecule has 6 heteroatoms. The van der Waals surface area contributed by atoms with E-state index in [4.69, 9.17) is 9.47 Å². The van der Waals surface area contributed by atoms with Gasteiger partial charge in [0.2, 0.25) is 5.90 Å². The molecule has 1 aliphatic heterocycles. The van der Waals surface area contributed by atoms with E-state index in [0.717, 1.165) is 0 Å². The summed E-state index contributed by atoms with van der Waals surface area (Å²) in [5.41, 5.74) is 1.63. The predicted octanol–water partition coefficient (Wildman–Crippen LogP) is 4.39. The lowest BCUT2D eigenvalue weighted by molar-refractivity contribution is -0.129. The van der Waals surface area contributed by atoms with Gasteiger partial charge in [0, 0.05) is 5.56 Å². The molecule has 0 amide bonds. The van der Waals surface area contributed by atoms with Gasteiger partial charge in [0.15, 0.2) is 5.70 Å². The standard InChI is InChI=1S/C23H14FNO4/c24-18-11-9-16(10-12-18)21-25-20(23(27)29-21)14-15-5-4-8-19(13-15)28-22(26)17-6-2-1-3-7-17/h1-14H/b20-14-. The highest BCUT2D eigenvalue weighted by molar-refractivity contribution is 6.12. The number of hydrogen-bond acceptors (Lipinski definition) is 5. The Bertz CT molecular complexity index is 1140. The quantitative estimate of drug-likeness (QED) is 0.378. The predicted molar refractivity (Wildman–Crippen MR) is 105 cm³/mol. The third-order valence-corrected chi connectivity index (χ3v) is 4.09. The number of ether oxygens (including phenoxy) is 2. The Morgan fingerprint density at radius 2 is 1.72 bits per heavy atom. The lowest BCUT2D eigenvalue weighted by Crippen LogP contribution is -2.08. The fourth-order valence-electron chi connectivity index (χ4n) is 2.69. The Morgan fingerprint density at radius 1 is 0.966 bits per heavy atom. The van der Waals surface area contributed by atoms with Gasteiger partial charge < -0.3 is 9.47 Å². The summed E-state index contributed by atoms with van der Waals surface area (Å²) in [6.07, 6.45) is 1.53. The first-order valence-corrected chi connectivity index (χ1v) is 8.74. The van der Waals surface area contributed by atoms with Crippen molar-refractivity contribution in [3.05, 3.63) is 107 Å². The van der Waals surface area contributed by atoms with Gasteiger partial charge in [0.25, 0.3) is 0 Å². The summed E-state index contributed by atoms with van der Waals surface area (Å²) in [4.78, 5) is 28.5. The zero-order chi connectivity index (χ0) is 20.2. The van der Waals surface area contributed by atoms with Crippen molar-refractivity contribution in [2.24, 2.45) is 4.99 Å². The first-order chi connectivity index (χ1) is 14.1. The Kier molecular flexibility index (Phi) is 4.99. The van der Waals surface area contributed by atoms with Gasteiger partial charge in [-0.2, -0.15) is 0 Å². The first-order valence-electron chi connectivity index (χ1n) is 8.74. The lowest BCUT2D eigenvalue weighted by atomic mass is 10.2. The van der Waals surface area contributed by atoms with E-state index in [2.05, 4.69) is 4.99 Å². The van der Waals surface area contributed by atoms with Crippen molar-refractivity contribution < 1.29 is 23.5 Å². The second kappa shape index (κ2) is 7.90. The summed E-state index contributed by atoms with van der Waals surface area (Å²) in [5, 5.41) is 0. The number of carbonyl (C=O) groups is 2. The Morgan fingerprint density at radius 3 is 2.48 bits per heavy atom. The maximum absolute atomic E-state index is 13.1. The van der Waals surface area contributed by atoms with Crippen LogP contribution in [0.5, 0.6) is 5.75 Å². The van der Waals surface area contributed by atoms with Crippen LogP contribution in [0.15, 0.2) is 89.6 Å². The van der Waals surface area contributed by atoms with Crippen LogP contribution in [0.2, 0.25) is 0 Å². The molecule has 3 aromatic rings. The molecule has 0 aliphatic carbocycles. The second-order valence-electron chi connectivity index (χ2n) is 6.17. The van der Waals surface area contributed by atoms with E-state index in [1.807, 2.05) is 6.07 Å². The molecule has 0 unspecified atom stereocenters. The van der Waals surface area contributed by atoms with Crippen molar-refractivity contribution in [1.29, 1.82) is 0 Å². The summed E-state index contributed by atoms with van der Waals surface area (Å²) in [6, 6.07) is 20.8. The molecule has 142 valence electrons. The normalized spacial score (nSPS) is 14.4. The Labute approximate surface area is 165 Å². The SMILES string of the molecule is O=C1OC(c2ccc(F)cc2)=N/C1=C\c1cccc(OC(=O)c2ccccc2)c1. The summed E-state index contributed by atoms with van der Waals surface area (Å²) in [6.45, 7) is 0. The van der Waals surface area contributed by atoms with Crippen LogP contribution in [0.25, 0.3) is 6.08 Å². The van der Waals surface area contributed by atoms with Gasteiger partial charge in [-0.05, 0) is 60.2 Å². The average Bonchev–Trinajstić information content (AvgIpc) is 3.09. The minimum absolute atomic E-state index is 0.0934. The monoisotopic (exact) mass is 387 g/mol. The summed E-state index contributed by atoms with van der Waals surface area (Å²) in [7, 11) is 0. The number of esters is 2. The van der Waals surface area contributed by atoms with Crippen LogP contribution >= 0.6 is 0 Å². The van der Waals surface area contributed by atoms with E-state index < -0.39 is 17.8 Å². The molecule has 0 atom stereocenters. The zero-order valence-corrected chi connectivity index (χ0v) is 15.0. The topological polar surface area (TPSA) is 65.0 Å². The largest absolute Gasteiger partial charge is 0.423 e. The lowest BCUT2D eigenvalue weighted by Gasteiger charge is -2.05. The van der Waals surface area contributed by atoms with Gasteiger partial charge in [-0.25, -0.2) is 19.0 Å². The number of aliphatic imine (C=N–C) groups is 1. The van der Waals surface area contributed by atoms with Crippen molar-refractivity contribution >= 4 is 23.9 Å². The molecule has 0 saturated carbocycles. The smallest absolute Gasteiger partial charge is 0.363 e. The Balaban J connectivity index is 1.55. The maximum atomic E-state index is 13.1. The minimum Gasteiger partial charge on any atom is -0.423 e. The van der Waals surface area contributed by atoms with Crippen molar-refractivity contribution in [3.8, 4) is 5.75 Å². The van der Waals surface area contributed by atoms with Gasteiger partial charge in [-0.1, -0.05) is 30.3 Å². The molecule has 0 saturated heterocycles. The number of benzene rings is 3. The molecule has 3 aromatic carbocycles. The molecule has 0 fully saturated rings. The number of rotatable bonds is 4. The molecule has 0 bridgehead atoms. The van der Waals surface area contributed by atoms with Crippen LogP contribution in [0.4, 0.5) is 4.39 Å². The van der Waals surface area contributed by atoms with Gasteiger partial charge in [0.05, 0.1) is 5.56 Å². The zero-order valence-electron chi connectivity index (χ0n) is 15.0. The molecule has 4 rings (SSSR count). The van der Waals surface area contributed by atoms with Crippen LogP contribution in [0.3, 0.4) is 0 Å². The van der Waals surface area contributed by atoms with Gasteiger partial charge in [0.1, 0.15) is 11.6 Å². The minimum atomic E-state index is -0.615. The molecular formula is C23H14FNO4. The van der Waals surface area contributed by atoms with Crippen molar-refractivity contribution in [1.82, 2.24) is 0 Å². The van der Waals surface area contributed by atoms with E-state index in [1.54, 1.807) is 48.5 Å². The molecule has 0 aromatic heterocycles. The molecule has 29 heavy (non-hydrogen) atoms. The van der Waals surface area contributed by atoms with Crippen LogP contribution in [0, 0.1) is 5.82 Å². The molecule has 5 nitrogen and oxygen atoms in total. The molecule has 1 heterocycles. The molecule has 1 aliphatic rings. The van der Waals surface area contributed by atoms with Crippen LogP contribution < -0.4 is 4.74 Å².